The third-order valence-corrected chi connectivity index (χ3v) is 4.35. The van der Waals surface area contributed by atoms with Crippen molar-refractivity contribution in [1.29, 1.82) is 0 Å². The van der Waals surface area contributed by atoms with Crippen LogP contribution in [0.25, 0.3) is 0 Å². The Bertz CT molecular complexity index is 290. The summed E-state index contributed by atoms with van der Waals surface area (Å²) >= 11 is 0. The van der Waals surface area contributed by atoms with Gasteiger partial charge in [0, 0.05) is 0 Å². The second-order valence-electron chi connectivity index (χ2n) is 6.64. The van der Waals surface area contributed by atoms with Crippen LogP contribution in [0.2, 0.25) is 0 Å². The molecule has 92 valence electrons. The number of carbonyl (C=O) groups excluding carboxylic acids is 1. The summed E-state index contributed by atoms with van der Waals surface area (Å²) in [7, 11) is 0. The highest BCUT2D eigenvalue weighted by Gasteiger charge is 2.60. The van der Waals surface area contributed by atoms with E-state index in [4.69, 9.17) is 4.74 Å². The van der Waals surface area contributed by atoms with Gasteiger partial charge in [-0.25, -0.2) is 0 Å². The second kappa shape index (κ2) is 3.75. The highest BCUT2D eigenvalue weighted by molar-refractivity contribution is 5.74. The summed E-state index contributed by atoms with van der Waals surface area (Å²) in [6.07, 6.45) is 6.47. The summed E-state index contributed by atoms with van der Waals surface area (Å²) in [6.45, 7) is 7.90. The molecule has 0 bridgehead atoms. The van der Waals surface area contributed by atoms with E-state index in [1.807, 2.05) is 20.8 Å². The number of hydrogen-bond donors (Lipinski definition) is 0. The van der Waals surface area contributed by atoms with E-state index in [0.717, 1.165) is 5.92 Å². The monoisotopic (exact) mass is 224 g/mol. The lowest BCUT2D eigenvalue weighted by molar-refractivity contribution is -0.162. The van der Waals surface area contributed by atoms with Crippen LogP contribution >= 0.6 is 0 Å². The zero-order chi connectivity index (χ0) is 12.0. The number of hydrogen-bond acceptors (Lipinski definition) is 2. The van der Waals surface area contributed by atoms with Gasteiger partial charge in [0.15, 0.2) is 0 Å². The molecule has 0 aliphatic heterocycles. The summed E-state index contributed by atoms with van der Waals surface area (Å²) < 4.78 is 5.51. The topological polar surface area (TPSA) is 26.3 Å². The van der Waals surface area contributed by atoms with Crippen molar-refractivity contribution in [2.24, 2.45) is 17.3 Å². The van der Waals surface area contributed by atoms with Gasteiger partial charge >= 0.3 is 5.97 Å². The minimum atomic E-state index is -0.346. The average Bonchev–Trinajstić information content (AvgIpc) is 2.89. The van der Waals surface area contributed by atoms with E-state index in [9.17, 15) is 4.79 Å². The molecule has 2 rings (SSSR count). The van der Waals surface area contributed by atoms with E-state index in [0.29, 0.717) is 5.41 Å². The molecule has 2 saturated carbocycles. The first kappa shape index (κ1) is 11.9. The van der Waals surface area contributed by atoms with Crippen molar-refractivity contribution in [3.05, 3.63) is 0 Å². The van der Waals surface area contributed by atoms with Gasteiger partial charge in [-0.3, -0.25) is 4.79 Å². The van der Waals surface area contributed by atoms with Crippen molar-refractivity contribution in [1.82, 2.24) is 0 Å². The van der Waals surface area contributed by atoms with E-state index in [2.05, 4.69) is 6.92 Å². The van der Waals surface area contributed by atoms with E-state index in [1.54, 1.807) is 0 Å². The van der Waals surface area contributed by atoms with Crippen molar-refractivity contribution in [3.63, 3.8) is 0 Å². The molecule has 2 heteroatoms. The van der Waals surface area contributed by atoms with Crippen molar-refractivity contribution in [2.75, 3.05) is 0 Å². The van der Waals surface area contributed by atoms with Crippen molar-refractivity contribution >= 4 is 5.97 Å². The molecule has 0 spiro atoms. The van der Waals surface area contributed by atoms with Crippen LogP contribution in [0.15, 0.2) is 0 Å². The lowest BCUT2D eigenvalue weighted by atomic mass is 9.79. The Morgan fingerprint density at radius 1 is 1.38 bits per heavy atom. The maximum absolute atomic E-state index is 12.1. The number of fused-ring (bicyclic) bond motifs is 1. The molecule has 2 fully saturated rings. The van der Waals surface area contributed by atoms with Crippen LogP contribution in [0.5, 0.6) is 0 Å². The fourth-order valence-corrected chi connectivity index (χ4v) is 3.31. The quantitative estimate of drug-likeness (QED) is 0.671. The third-order valence-electron chi connectivity index (χ3n) is 4.35. The van der Waals surface area contributed by atoms with E-state index >= 15 is 0 Å². The molecular weight excluding hydrogens is 200 g/mol. The molecule has 0 N–H and O–H groups in total. The zero-order valence-electron chi connectivity index (χ0n) is 11.0. The van der Waals surface area contributed by atoms with Crippen LogP contribution in [0, 0.1) is 17.3 Å². The van der Waals surface area contributed by atoms with Crippen LogP contribution in [0.4, 0.5) is 0 Å². The molecule has 0 saturated heterocycles. The fraction of sp³-hybridized carbons (Fsp3) is 0.929. The molecule has 0 aromatic carbocycles. The Kier molecular flexibility index (Phi) is 2.80. The molecule has 3 unspecified atom stereocenters. The number of esters is 1. The van der Waals surface area contributed by atoms with Crippen LogP contribution in [0.3, 0.4) is 0 Å². The van der Waals surface area contributed by atoms with E-state index < -0.39 is 0 Å². The van der Waals surface area contributed by atoms with Gasteiger partial charge in [-0.2, -0.15) is 0 Å². The predicted molar refractivity (Wildman–Crippen MR) is 64.0 cm³/mol. The van der Waals surface area contributed by atoms with Gasteiger partial charge in [-0.15, -0.1) is 0 Å². The predicted octanol–water partition coefficient (Wildman–Crippen LogP) is 3.54. The third kappa shape index (κ3) is 2.11. The normalized spacial score (nSPS) is 35.1. The zero-order valence-corrected chi connectivity index (χ0v) is 11.0. The molecule has 0 aromatic heterocycles. The largest absolute Gasteiger partial charge is 0.460 e. The fourth-order valence-electron chi connectivity index (χ4n) is 3.31. The van der Waals surface area contributed by atoms with Crippen LogP contribution in [-0.2, 0) is 9.53 Å². The van der Waals surface area contributed by atoms with Crippen molar-refractivity contribution < 1.29 is 9.53 Å². The molecule has 16 heavy (non-hydrogen) atoms. The van der Waals surface area contributed by atoms with Gasteiger partial charge in [0.2, 0.25) is 0 Å². The lowest BCUT2D eigenvalue weighted by Gasteiger charge is -2.30. The van der Waals surface area contributed by atoms with E-state index in [-0.39, 0.29) is 17.5 Å². The number of rotatable bonds is 2. The van der Waals surface area contributed by atoms with Crippen molar-refractivity contribution in [3.8, 4) is 0 Å². The molecule has 2 aliphatic rings. The molecule has 0 radical (unpaired) electrons. The van der Waals surface area contributed by atoms with Gasteiger partial charge in [0.05, 0.1) is 5.92 Å². The Labute approximate surface area is 98.7 Å². The Hall–Kier alpha value is -0.530. The maximum atomic E-state index is 12.1. The maximum Gasteiger partial charge on any atom is 0.309 e. The first-order valence-electron chi connectivity index (χ1n) is 6.58. The molecule has 2 aliphatic carbocycles. The summed E-state index contributed by atoms with van der Waals surface area (Å²) in [5, 5.41) is 0. The second-order valence-corrected chi connectivity index (χ2v) is 6.64. The molecule has 0 heterocycles. The first-order valence-corrected chi connectivity index (χ1v) is 6.58. The van der Waals surface area contributed by atoms with Gasteiger partial charge < -0.3 is 4.74 Å². The Morgan fingerprint density at radius 3 is 2.62 bits per heavy atom. The summed E-state index contributed by atoms with van der Waals surface area (Å²) in [5.74, 6) is 0.915. The summed E-state index contributed by atoms with van der Waals surface area (Å²) in [4.78, 5) is 12.1. The van der Waals surface area contributed by atoms with Crippen LogP contribution in [-0.4, -0.2) is 11.6 Å². The van der Waals surface area contributed by atoms with Crippen molar-refractivity contribution in [2.45, 2.75) is 65.4 Å². The van der Waals surface area contributed by atoms with Gasteiger partial charge in [-0.05, 0) is 51.4 Å². The highest BCUT2D eigenvalue weighted by Crippen LogP contribution is 2.65. The van der Waals surface area contributed by atoms with Crippen LogP contribution in [0.1, 0.15) is 59.8 Å². The molecule has 0 amide bonds. The highest BCUT2D eigenvalue weighted by atomic mass is 16.6. The lowest BCUT2D eigenvalue weighted by Crippen LogP contribution is -2.33. The van der Waals surface area contributed by atoms with Crippen LogP contribution < -0.4 is 0 Å². The van der Waals surface area contributed by atoms with Gasteiger partial charge in [0.1, 0.15) is 5.60 Å². The Morgan fingerprint density at radius 2 is 2.06 bits per heavy atom. The summed E-state index contributed by atoms with van der Waals surface area (Å²) in [6, 6.07) is 0. The average molecular weight is 224 g/mol. The number of carbonyl (C=O) groups is 1. The minimum absolute atomic E-state index is 0.0110. The first-order chi connectivity index (χ1) is 7.35. The minimum Gasteiger partial charge on any atom is -0.460 e. The SMILES string of the molecule is CC(C(=O)OC(C)(C)C)C12CCCCC1C2. The smallest absolute Gasteiger partial charge is 0.309 e. The molecule has 0 aromatic rings. The standard InChI is InChI=1S/C14H24O2/c1-10(12(15)16-13(2,3)4)14-8-6-5-7-11(14)9-14/h10-11H,5-9H2,1-4H3. The van der Waals surface area contributed by atoms with Gasteiger partial charge in [-0.1, -0.05) is 19.8 Å². The molecule has 2 nitrogen and oxygen atoms in total. The Balaban J connectivity index is 1.98. The molecule has 3 atom stereocenters. The summed E-state index contributed by atoms with van der Waals surface area (Å²) in [5.41, 5.74) is -0.0262. The number of ether oxygens (including phenoxy) is 1. The van der Waals surface area contributed by atoms with Gasteiger partial charge in [0.25, 0.3) is 0 Å². The van der Waals surface area contributed by atoms with E-state index in [1.165, 1.54) is 32.1 Å². The molecular formula is C14H24O2.